The zero-order valence-corrected chi connectivity index (χ0v) is 11.3. The number of aliphatic hydroxyl groups excluding tert-OH is 1. The molecular formula is C16H18FNO2. The van der Waals surface area contributed by atoms with Crippen molar-refractivity contribution >= 4 is 0 Å². The quantitative estimate of drug-likeness (QED) is 0.881. The predicted octanol–water partition coefficient (Wildman–Crippen LogP) is 2.44. The second-order valence-electron chi connectivity index (χ2n) is 4.68. The molecular weight excluding hydrogens is 257 g/mol. The van der Waals surface area contributed by atoms with Crippen LogP contribution in [0.1, 0.15) is 17.2 Å². The Morgan fingerprint density at radius 2 is 1.90 bits per heavy atom. The maximum Gasteiger partial charge on any atom is 0.165 e. The van der Waals surface area contributed by atoms with Crippen LogP contribution >= 0.6 is 0 Å². The van der Waals surface area contributed by atoms with Crippen molar-refractivity contribution in [2.45, 2.75) is 18.6 Å². The molecule has 4 heteroatoms. The van der Waals surface area contributed by atoms with E-state index < -0.39 is 18.0 Å². The van der Waals surface area contributed by atoms with Crippen molar-refractivity contribution in [3.8, 4) is 5.75 Å². The van der Waals surface area contributed by atoms with Gasteiger partial charge < -0.3 is 15.6 Å². The van der Waals surface area contributed by atoms with Gasteiger partial charge in [-0.2, -0.15) is 0 Å². The van der Waals surface area contributed by atoms with Crippen LogP contribution < -0.4 is 10.5 Å². The van der Waals surface area contributed by atoms with Crippen LogP contribution in [-0.4, -0.2) is 18.3 Å². The highest BCUT2D eigenvalue weighted by atomic mass is 19.1. The molecule has 0 saturated heterocycles. The summed E-state index contributed by atoms with van der Waals surface area (Å²) in [6, 6.07) is 13.4. The number of hydrogen-bond acceptors (Lipinski definition) is 3. The molecule has 0 aliphatic heterocycles. The topological polar surface area (TPSA) is 55.5 Å². The molecule has 20 heavy (non-hydrogen) atoms. The molecule has 0 amide bonds. The van der Waals surface area contributed by atoms with Crippen molar-refractivity contribution < 1.29 is 14.2 Å². The van der Waals surface area contributed by atoms with Crippen LogP contribution in [0.4, 0.5) is 4.39 Å². The van der Waals surface area contributed by atoms with Gasteiger partial charge in [-0.1, -0.05) is 36.4 Å². The lowest BCUT2D eigenvalue weighted by Crippen LogP contribution is -2.28. The first kappa shape index (κ1) is 14.5. The SMILES string of the molecule is COc1ccc([C@@H](N)[C@@H](O)Cc2ccccc2)cc1F. The van der Waals surface area contributed by atoms with E-state index in [0.717, 1.165) is 5.56 Å². The number of aliphatic hydroxyl groups is 1. The van der Waals surface area contributed by atoms with Crippen molar-refractivity contribution in [1.29, 1.82) is 0 Å². The third-order valence-corrected chi connectivity index (χ3v) is 3.26. The van der Waals surface area contributed by atoms with Gasteiger partial charge in [0, 0.05) is 6.42 Å². The summed E-state index contributed by atoms with van der Waals surface area (Å²) in [6.07, 6.45) is -0.347. The maximum atomic E-state index is 13.6. The molecule has 0 spiro atoms. The number of ether oxygens (including phenoxy) is 1. The average molecular weight is 275 g/mol. The molecule has 2 atom stereocenters. The lowest BCUT2D eigenvalue weighted by Gasteiger charge is -2.19. The van der Waals surface area contributed by atoms with Crippen LogP contribution in [0.25, 0.3) is 0 Å². The second-order valence-corrected chi connectivity index (χ2v) is 4.68. The summed E-state index contributed by atoms with van der Waals surface area (Å²) in [5, 5.41) is 10.2. The zero-order chi connectivity index (χ0) is 14.5. The highest BCUT2D eigenvalue weighted by molar-refractivity contribution is 5.31. The van der Waals surface area contributed by atoms with E-state index >= 15 is 0 Å². The lowest BCUT2D eigenvalue weighted by atomic mass is 9.97. The van der Waals surface area contributed by atoms with Gasteiger partial charge in [-0.05, 0) is 23.3 Å². The predicted molar refractivity (Wildman–Crippen MR) is 76.0 cm³/mol. The molecule has 106 valence electrons. The largest absolute Gasteiger partial charge is 0.494 e. The Kier molecular flexibility index (Phi) is 4.71. The number of nitrogens with two attached hydrogens (primary N) is 1. The number of halogens is 1. The van der Waals surface area contributed by atoms with E-state index in [0.29, 0.717) is 12.0 Å². The third kappa shape index (κ3) is 3.35. The lowest BCUT2D eigenvalue weighted by molar-refractivity contribution is 0.145. The van der Waals surface area contributed by atoms with Gasteiger partial charge in [0.2, 0.25) is 0 Å². The monoisotopic (exact) mass is 275 g/mol. The molecule has 2 aromatic rings. The summed E-state index contributed by atoms with van der Waals surface area (Å²) in [5.41, 5.74) is 7.53. The van der Waals surface area contributed by atoms with Crippen LogP contribution in [-0.2, 0) is 6.42 Å². The number of rotatable bonds is 5. The van der Waals surface area contributed by atoms with Crippen LogP contribution in [0.2, 0.25) is 0 Å². The minimum Gasteiger partial charge on any atom is -0.494 e. The van der Waals surface area contributed by atoms with E-state index in [4.69, 9.17) is 10.5 Å². The molecule has 0 fully saturated rings. The van der Waals surface area contributed by atoms with Crippen LogP contribution in [0.3, 0.4) is 0 Å². The smallest absolute Gasteiger partial charge is 0.165 e. The van der Waals surface area contributed by atoms with Gasteiger partial charge in [0.1, 0.15) is 0 Å². The van der Waals surface area contributed by atoms with Crippen molar-refractivity contribution in [3.05, 3.63) is 65.5 Å². The summed E-state index contributed by atoms with van der Waals surface area (Å²) >= 11 is 0. The Balaban J connectivity index is 2.10. The van der Waals surface area contributed by atoms with E-state index in [1.165, 1.54) is 19.2 Å². The molecule has 0 radical (unpaired) electrons. The molecule has 0 aliphatic carbocycles. The van der Waals surface area contributed by atoms with Gasteiger partial charge in [0.25, 0.3) is 0 Å². The Bertz CT molecular complexity index is 560. The number of hydrogen-bond donors (Lipinski definition) is 2. The van der Waals surface area contributed by atoms with Gasteiger partial charge >= 0.3 is 0 Å². The van der Waals surface area contributed by atoms with E-state index in [9.17, 15) is 9.50 Å². The molecule has 2 rings (SSSR count). The number of methoxy groups -OCH3 is 1. The van der Waals surface area contributed by atoms with Crippen LogP contribution in [0.15, 0.2) is 48.5 Å². The normalized spacial score (nSPS) is 13.8. The van der Waals surface area contributed by atoms with E-state index in [1.54, 1.807) is 6.07 Å². The van der Waals surface area contributed by atoms with Gasteiger partial charge in [-0.25, -0.2) is 4.39 Å². The standard InChI is InChI=1S/C16H18FNO2/c1-20-15-8-7-12(10-13(15)17)16(18)14(19)9-11-5-3-2-4-6-11/h2-8,10,14,16,19H,9,18H2,1H3/t14-,16+/m0/s1. The average Bonchev–Trinajstić information content (AvgIpc) is 2.47. The summed E-state index contributed by atoms with van der Waals surface area (Å²) in [7, 11) is 1.41. The van der Waals surface area contributed by atoms with Crippen molar-refractivity contribution in [2.75, 3.05) is 7.11 Å². The van der Waals surface area contributed by atoms with Gasteiger partial charge in [0.15, 0.2) is 11.6 Å². The van der Waals surface area contributed by atoms with Crippen molar-refractivity contribution in [2.24, 2.45) is 5.73 Å². The van der Waals surface area contributed by atoms with Crippen molar-refractivity contribution in [1.82, 2.24) is 0 Å². The summed E-state index contributed by atoms with van der Waals surface area (Å²) < 4.78 is 18.5. The fourth-order valence-corrected chi connectivity index (χ4v) is 2.09. The number of benzene rings is 2. The molecule has 0 saturated carbocycles. The summed E-state index contributed by atoms with van der Waals surface area (Å²) in [6.45, 7) is 0. The first-order chi connectivity index (χ1) is 9.61. The molecule has 3 nitrogen and oxygen atoms in total. The second kappa shape index (κ2) is 6.50. The Labute approximate surface area is 117 Å². The van der Waals surface area contributed by atoms with Crippen LogP contribution in [0.5, 0.6) is 5.75 Å². The molecule has 3 N–H and O–H groups in total. The highest BCUT2D eigenvalue weighted by Gasteiger charge is 2.18. The van der Waals surface area contributed by atoms with Gasteiger partial charge in [-0.3, -0.25) is 0 Å². The fraction of sp³-hybridized carbons (Fsp3) is 0.250. The fourth-order valence-electron chi connectivity index (χ4n) is 2.09. The Morgan fingerprint density at radius 1 is 1.20 bits per heavy atom. The van der Waals surface area contributed by atoms with Gasteiger partial charge in [0.05, 0.1) is 19.3 Å². The molecule has 0 bridgehead atoms. The third-order valence-electron chi connectivity index (χ3n) is 3.26. The maximum absolute atomic E-state index is 13.6. The first-order valence-electron chi connectivity index (χ1n) is 6.43. The van der Waals surface area contributed by atoms with Gasteiger partial charge in [-0.15, -0.1) is 0 Å². The Hall–Kier alpha value is -1.91. The summed E-state index contributed by atoms with van der Waals surface area (Å²) in [4.78, 5) is 0. The zero-order valence-electron chi connectivity index (χ0n) is 11.3. The molecule has 0 heterocycles. The van der Waals surface area contributed by atoms with E-state index in [1.807, 2.05) is 30.3 Å². The van der Waals surface area contributed by atoms with E-state index in [-0.39, 0.29) is 5.75 Å². The highest BCUT2D eigenvalue weighted by Crippen LogP contribution is 2.23. The summed E-state index contributed by atoms with van der Waals surface area (Å²) in [5.74, 6) is -0.314. The minimum atomic E-state index is -0.773. The molecule has 2 aromatic carbocycles. The molecule has 0 aliphatic rings. The molecule has 0 aromatic heterocycles. The first-order valence-corrected chi connectivity index (χ1v) is 6.43. The van der Waals surface area contributed by atoms with Crippen LogP contribution in [0, 0.1) is 5.82 Å². The minimum absolute atomic E-state index is 0.165. The molecule has 0 unspecified atom stereocenters. The van der Waals surface area contributed by atoms with E-state index in [2.05, 4.69) is 0 Å². The Morgan fingerprint density at radius 3 is 2.50 bits per heavy atom. The van der Waals surface area contributed by atoms with Crippen molar-refractivity contribution in [3.63, 3.8) is 0 Å².